The summed E-state index contributed by atoms with van der Waals surface area (Å²) in [6.07, 6.45) is 3.04. The van der Waals surface area contributed by atoms with Gasteiger partial charge in [0.1, 0.15) is 12.4 Å². The fourth-order valence-electron chi connectivity index (χ4n) is 2.95. The van der Waals surface area contributed by atoms with Gasteiger partial charge in [0.15, 0.2) is 5.69 Å². The normalized spacial score (nSPS) is 10.8. The molecular formula is C22H18N2O3. The standard InChI is InChI=1S/C22H18N2O3/c25-22(26)21-13-24(15-23-21)12-16-6-9-20(10-7-16)27-14-17-5-8-18-3-1-2-4-19(18)11-17/h1-11,13,15H,12,14H2,(H,25,26). The van der Waals surface area contributed by atoms with Gasteiger partial charge in [-0.2, -0.15) is 0 Å². The molecule has 0 radical (unpaired) electrons. The number of carboxylic acids is 1. The summed E-state index contributed by atoms with van der Waals surface area (Å²) in [5, 5.41) is 11.3. The minimum atomic E-state index is -1.02. The van der Waals surface area contributed by atoms with Gasteiger partial charge in [0.05, 0.1) is 6.33 Å². The van der Waals surface area contributed by atoms with E-state index in [-0.39, 0.29) is 5.69 Å². The van der Waals surface area contributed by atoms with E-state index < -0.39 is 5.97 Å². The van der Waals surface area contributed by atoms with Crippen LogP contribution in [0.3, 0.4) is 0 Å². The topological polar surface area (TPSA) is 64.3 Å². The molecule has 0 atom stereocenters. The molecule has 0 bridgehead atoms. The lowest BCUT2D eigenvalue weighted by molar-refractivity contribution is 0.0691. The number of aromatic carboxylic acids is 1. The summed E-state index contributed by atoms with van der Waals surface area (Å²) in [5.74, 6) is -0.227. The average molecular weight is 358 g/mol. The van der Waals surface area contributed by atoms with Crippen LogP contribution in [-0.2, 0) is 13.2 Å². The monoisotopic (exact) mass is 358 g/mol. The lowest BCUT2D eigenvalue weighted by Gasteiger charge is -2.09. The Morgan fingerprint density at radius 2 is 1.70 bits per heavy atom. The van der Waals surface area contributed by atoms with E-state index >= 15 is 0 Å². The Labute approximate surface area is 156 Å². The summed E-state index contributed by atoms with van der Waals surface area (Å²) in [6, 6.07) is 22.4. The van der Waals surface area contributed by atoms with Crippen molar-refractivity contribution in [2.75, 3.05) is 0 Å². The fourth-order valence-corrected chi connectivity index (χ4v) is 2.95. The van der Waals surface area contributed by atoms with Gasteiger partial charge < -0.3 is 14.4 Å². The maximum Gasteiger partial charge on any atom is 0.356 e. The van der Waals surface area contributed by atoms with Crippen LogP contribution in [0, 0.1) is 0 Å². The SMILES string of the molecule is O=C(O)c1cn(Cc2ccc(OCc3ccc4ccccc4c3)cc2)cn1. The Kier molecular flexibility index (Phi) is 4.58. The van der Waals surface area contributed by atoms with E-state index in [1.807, 2.05) is 36.4 Å². The molecule has 4 aromatic rings. The third-order valence-corrected chi connectivity index (χ3v) is 4.36. The van der Waals surface area contributed by atoms with Crippen LogP contribution >= 0.6 is 0 Å². The maximum absolute atomic E-state index is 10.9. The van der Waals surface area contributed by atoms with Crippen molar-refractivity contribution in [2.45, 2.75) is 13.2 Å². The van der Waals surface area contributed by atoms with E-state index in [1.54, 1.807) is 4.57 Å². The predicted octanol–water partition coefficient (Wildman–Crippen LogP) is 4.36. The first kappa shape index (κ1) is 16.8. The van der Waals surface area contributed by atoms with Gasteiger partial charge in [0.2, 0.25) is 0 Å². The number of imidazole rings is 1. The molecule has 4 rings (SSSR count). The van der Waals surface area contributed by atoms with E-state index in [0.717, 1.165) is 16.9 Å². The summed E-state index contributed by atoms with van der Waals surface area (Å²) < 4.78 is 7.63. The van der Waals surface area contributed by atoms with Gasteiger partial charge in [-0.25, -0.2) is 9.78 Å². The number of benzene rings is 3. The molecule has 0 saturated heterocycles. The number of fused-ring (bicyclic) bond motifs is 1. The summed E-state index contributed by atoms with van der Waals surface area (Å²) in [7, 11) is 0. The molecule has 1 N–H and O–H groups in total. The van der Waals surface area contributed by atoms with Crippen LogP contribution < -0.4 is 4.74 Å². The number of carbonyl (C=O) groups is 1. The minimum Gasteiger partial charge on any atom is -0.489 e. The van der Waals surface area contributed by atoms with Gasteiger partial charge in [-0.1, -0.05) is 48.5 Å². The van der Waals surface area contributed by atoms with Crippen molar-refractivity contribution in [3.8, 4) is 5.75 Å². The van der Waals surface area contributed by atoms with Crippen LogP contribution in [0.1, 0.15) is 21.6 Å². The molecule has 0 fully saturated rings. The molecule has 5 heteroatoms. The van der Waals surface area contributed by atoms with E-state index in [4.69, 9.17) is 9.84 Å². The molecule has 3 aromatic carbocycles. The highest BCUT2D eigenvalue weighted by Gasteiger charge is 2.06. The number of hydrogen-bond donors (Lipinski definition) is 1. The smallest absolute Gasteiger partial charge is 0.356 e. The van der Waals surface area contributed by atoms with Gasteiger partial charge >= 0.3 is 5.97 Å². The van der Waals surface area contributed by atoms with Crippen LogP contribution in [0.4, 0.5) is 0 Å². The molecule has 0 aliphatic heterocycles. The first-order chi connectivity index (χ1) is 13.2. The molecular weight excluding hydrogens is 340 g/mol. The lowest BCUT2D eigenvalue weighted by Crippen LogP contribution is -1.99. The van der Waals surface area contributed by atoms with Crippen LogP contribution in [0.25, 0.3) is 10.8 Å². The van der Waals surface area contributed by atoms with Crippen LogP contribution in [-0.4, -0.2) is 20.6 Å². The van der Waals surface area contributed by atoms with Crippen molar-refractivity contribution in [3.63, 3.8) is 0 Å². The van der Waals surface area contributed by atoms with Gasteiger partial charge in [0.25, 0.3) is 0 Å². The Morgan fingerprint density at radius 1 is 0.963 bits per heavy atom. The number of nitrogens with zero attached hydrogens (tertiary/aromatic N) is 2. The van der Waals surface area contributed by atoms with E-state index in [9.17, 15) is 4.79 Å². The first-order valence-corrected chi connectivity index (χ1v) is 8.62. The number of aromatic nitrogens is 2. The van der Waals surface area contributed by atoms with Crippen LogP contribution in [0.15, 0.2) is 79.3 Å². The largest absolute Gasteiger partial charge is 0.489 e. The molecule has 0 aliphatic rings. The van der Waals surface area contributed by atoms with Gasteiger partial charge in [-0.3, -0.25) is 0 Å². The average Bonchev–Trinajstić information content (AvgIpc) is 3.16. The molecule has 5 nitrogen and oxygen atoms in total. The number of hydrogen-bond acceptors (Lipinski definition) is 3. The van der Waals surface area contributed by atoms with Crippen LogP contribution in [0.2, 0.25) is 0 Å². The molecule has 0 saturated carbocycles. The Balaban J connectivity index is 1.38. The zero-order chi connectivity index (χ0) is 18.6. The molecule has 27 heavy (non-hydrogen) atoms. The summed E-state index contributed by atoms with van der Waals surface area (Å²) >= 11 is 0. The molecule has 1 heterocycles. The van der Waals surface area contributed by atoms with Crippen molar-refractivity contribution >= 4 is 16.7 Å². The third-order valence-electron chi connectivity index (χ3n) is 4.36. The maximum atomic E-state index is 10.9. The van der Waals surface area contributed by atoms with Gasteiger partial charge in [-0.05, 0) is 40.1 Å². The predicted molar refractivity (Wildman–Crippen MR) is 103 cm³/mol. The zero-order valence-electron chi connectivity index (χ0n) is 14.6. The molecule has 1 aromatic heterocycles. The second-order valence-corrected chi connectivity index (χ2v) is 6.35. The molecule has 0 unspecified atom stereocenters. The number of carboxylic acid groups (broad SMARTS) is 1. The number of ether oxygens (including phenoxy) is 1. The fraction of sp³-hybridized carbons (Fsp3) is 0.0909. The zero-order valence-corrected chi connectivity index (χ0v) is 14.6. The Bertz CT molecular complexity index is 1080. The molecule has 134 valence electrons. The van der Waals surface area contributed by atoms with Crippen molar-refractivity contribution < 1.29 is 14.6 Å². The molecule has 0 aliphatic carbocycles. The highest BCUT2D eigenvalue weighted by molar-refractivity contribution is 5.85. The van der Waals surface area contributed by atoms with Gasteiger partial charge in [0, 0.05) is 12.7 Å². The van der Waals surface area contributed by atoms with E-state index in [2.05, 4.69) is 35.3 Å². The first-order valence-electron chi connectivity index (χ1n) is 8.62. The quantitative estimate of drug-likeness (QED) is 0.556. The van der Waals surface area contributed by atoms with E-state index in [1.165, 1.54) is 23.3 Å². The van der Waals surface area contributed by atoms with Crippen molar-refractivity contribution in [1.82, 2.24) is 9.55 Å². The number of rotatable bonds is 6. The highest BCUT2D eigenvalue weighted by atomic mass is 16.5. The summed E-state index contributed by atoms with van der Waals surface area (Å²) in [4.78, 5) is 14.7. The minimum absolute atomic E-state index is 0.0466. The highest BCUT2D eigenvalue weighted by Crippen LogP contribution is 2.19. The Hall–Kier alpha value is -3.60. The van der Waals surface area contributed by atoms with E-state index in [0.29, 0.717) is 13.2 Å². The van der Waals surface area contributed by atoms with Crippen molar-refractivity contribution in [2.24, 2.45) is 0 Å². The summed E-state index contributed by atoms with van der Waals surface area (Å²) in [6.45, 7) is 1.07. The van der Waals surface area contributed by atoms with Crippen molar-refractivity contribution in [3.05, 3.63) is 96.1 Å². The van der Waals surface area contributed by atoms with Crippen LogP contribution in [0.5, 0.6) is 5.75 Å². The third kappa shape index (κ3) is 3.98. The summed E-state index contributed by atoms with van der Waals surface area (Å²) in [5.41, 5.74) is 2.21. The Morgan fingerprint density at radius 3 is 2.44 bits per heavy atom. The van der Waals surface area contributed by atoms with Crippen molar-refractivity contribution in [1.29, 1.82) is 0 Å². The van der Waals surface area contributed by atoms with Gasteiger partial charge in [-0.15, -0.1) is 0 Å². The second-order valence-electron chi connectivity index (χ2n) is 6.35. The molecule has 0 amide bonds. The molecule has 0 spiro atoms. The second kappa shape index (κ2) is 7.33. The lowest BCUT2D eigenvalue weighted by atomic mass is 10.1.